The Bertz CT molecular complexity index is 797. The number of nitrogens with zero attached hydrogens (tertiary/aromatic N) is 7. The van der Waals surface area contributed by atoms with Crippen molar-refractivity contribution in [3.63, 3.8) is 0 Å². The van der Waals surface area contributed by atoms with Crippen molar-refractivity contribution in [2.45, 2.75) is 31.6 Å². The zero-order chi connectivity index (χ0) is 20.4. The third-order valence-corrected chi connectivity index (χ3v) is 5.86. The molecule has 2 aliphatic heterocycles. The molecular formula is C19H26F3N7. The van der Waals surface area contributed by atoms with Crippen LogP contribution in [0.1, 0.15) is 24.2 Å². The summed E-state index contributed by atoms with van der Waals surface area (Å²) in [5.41, 5.74) is -0.151. The molecule has 29 heavy (non-hydrogen) atoms. The number of rotatable bonds is 4. The Hall–Kier alpha value is -2.04. The quantitative estimate of drug-likeness (QED) is 0.769. The zero-order valence-corrected chi connectivity index (χ0v) is 16.5. The highest BCUT2D eigenvalue weighted by Crippen LogP contribution is 2.29. The lowest BCUT2D eigenvalue weighted by Gasteiger charge is -2.42. The van der Waals surface area contributed by atoms with Crippen LogP contribution in [-0.4, -0.2) is 87.3 Å². The molecular weight excluding hydrogens is 383 g/mol. The zero-order valence-electron chi connectivity index (χ0n) is 16.5. The first-order valence-electron chi connectivity index (χ1n) is 10.00. The van der Waals surface area contributed by atoms with Gasteiger partial charge in [-0.15, -0.1) is 5.10 Å². The Kier molecular flexibility index (Phi) is 5.84. The van der Waals surface area contributed by atoms with Crippen molar-refractivity contribution in [3.05, 3.63) is 35.7 Å². The van der Waals surface area contributed by atoms with Crippen molar-refractivity contribution < 1.29 is 13.2 Å². The van der Waals surface area contributed by atoms with Gasteiger partial charge in [0.15, 0.2) is 5.82 Å². The highest BCUT2D eigenvalue weighted by molar-refractivity contribution is 5.35. The van der Waals surface area contributed by atoms with Gasteiger partial charge in [-0.25, -0.2) is 0 Å². The summed E-state index contributed by atoms with van der Waals surface area (Å²) in [5, 5.41) is 11.8. The van der Waals surface area contributed by atoms with Gasteiger partial charge in [0, 0.05) is 38.8 Å². The standard InChI is InChI=1S/C19H26F3N7/c1-26-8-2-3-17(13-26)28-11-9-27(10-12-28)14-18-23-24-25-29(18)16-6-4-15(5-7-16)19(20,21)22/h4-7,17H,2-3,8-14H2,1H3. The fourth-order valence-corrected chi connectivity index (χ4v) is 4.22. The second-order valence-corrected chi connectivity index (χ2v) is 7.92. The molecule has 3 heterocycles. The van der Waals surface area contributed by atoms with Crippen molar-refractivity contribution in [2.75, 3.05) is 46.3 Å². The molecule has 0 aliphatic carbocycles. The van der Waals surface area contributed by atoms with Crippen LogP contribution in [0.2, 0.25) is 0 Å². The van der Waals surface area contributed by atoms with E-state index in [4.69, 9.17) is 0 Å². The molecule has 0 spiro atoms. The molecule has 2 fully saturated rings. The van der Waals surface area contributed by atoms with Gasteiger partial charge in [0.1, 0.15) is 0 Å². The SMILES string of the molecule is CN1CCCC(N2CCN(Cc3nnnn3-c3ccc(C(F)(F)F)cc3)CC2)C1. The Labute approximate surface area is 168 Å². The molecule has 0 amide bonds. The maximum atomic E-state index is 12.8. The van der Waals surface area contributed by atoms with E-state index in [-0.39, 0.29) is 0 Å². The van der Waals surface area contributed by atoms with Gasteiger partial charge >= 0.3 is 6.18 Å². The molecule has 1 aromatic heterocycles. The van der Waals surface area contributed by atoms with Crippen molar-refractivity contribution in [2.24, 2.45) is 0 Å². The first kappa shape index (κ1) is 20.2. The molecule has 0 bridgehead atoms. The second-order valence-electron chi connectivity index (χ2n) is 7.92. The summed E-state index contributed by atoms with van der Waals surface area (Å²) in [7, 11) is 2.18. The summed E-state index contributed by atoms with van der Waals surface area (Å²) in [4.78, 5) is 7.28. The molecule has 0 radical (unpaired) electrons. The third kappa shape index (κ3) is 4.76. The third-order valence-electron chi connectivity index (χ3n) is 5.86. The van der Waals surface area contributed by atoms with Crippen LogP contribution in [-0.2, 0) is 12.7 Å². The van der Waals surface area contributed by atoms with Crippen LogP contribution in [0.3, 0.4) is 0 Å². The Balaban J connectivity index is 1.36. The molecule has 2 saturated heterocycles. The second kappa shape index (κ2) is 8.37. The number of piperidine rings is 1. The lowest BCUT2D eigenvalue weighted by molar-refractivity contribution is -0.137. The minimum absolute atomic E-state index is 0.530. The predicted octanol–water partition coefficient (Wildman–Crippen LogP) is 1.89. The molecule has 158 valence electrons. The van der Waals surface area contributed by atoms with Gasteiger partial charge in [0.2, 0.25) is 0 Å². The van der Waals surface area contributed by atoms with E-state index in [1.54, 1.807) is 0 Å². The Morgan fingerprint density at radius 2 is 1.76 bits per heavy atom. The number of hydrogen-bond acceptors (Lipinski definition) is 6. The van der Waals surface area contributed by atoms with E-state index in [9.17, 15) is 13.2 Å². The van der Waals surface area contributed by atoms with E-state index in [0.717, 1.165) is 44.9 Å². The van der Waals surface area contributed by atoms with E-state index in [2.05, 4.69) is 37.3 Å². The molecule has 1 atom stereocenters. The first-order valence-corrected chi connectivity index (χ1v) is 10.00. The molecule has 4 rings (SSSR count). The Morgan fingerprint density at radius 3 is 2.41 bits per heavy atom. The van der Waals surface area contributed by atoms with E-state index in [1.807, 2.05) is 0 Å². The fourth-order valence-electron chi connectivity index (χ4n) is 4.22. The van der Waals surface area contributed by atoms with Crippen molar-refractivity contribution >= 4 is 0 Å². The van der Waals surface area contributed by atoms with Crippen LogP contribution in [0.15, 0.2) is 24.3 Å². The molecule has 1 aromatic carbocycles. The van der Waals surface area contributed by atoms with Crippen molar-refractivity contribution in [1.29, 1.82) is 0 Å². The monoisotopic (exact) mass is 409 g/mol. The summed E-state index contributed by atoms with van der Waals surface area (Å²) in [6.07, 6.45) is -1.84. The maximum absolute atomic E-state index is 12.8. The number of aromatic nitrogens is 4. The highest BCUT2D eigenvalue weighted by atomic mass is 19.4. The normalized spacial score (nSPS) is 22.8. The summed E-state index contributed by atoms with van der Waals surface area (Å²) < 4.78 is 39.8. The number of hydrogen-bond donors (Lipinski definition) is 0. The largest absolute Gasteiger partial charge is 0.416 e. The molecule has 7 nitrogen and oxygen atoms in total. The fraction of sp³-hybridized carbons (Fsp3) is 0.632. The lowest BCUT2D eigenvalue weighted by atomic mass is 10.0. The average molecular weight is 409 g/mol. The van der Waals surface area contributed by atoms with Gasteiger partial charge in [-0.3, -0.25) is 9.80 Å². The lowest BCUT2D eigenvalue weighted by Crippen LogP contribution is -2.54. The molecule has 10 heteroatoms. The van der Waals surface area contributed by atoms with Gasteiger partial charge in [0.05, 0.1) is 17.8 Å². The van der Waals surface area contributed by atoms with Gasteiger partial charge in [-0.1, -0.05) is 0 Å². The van der Waals surface area contributed by atoms with E-state index in [1.165, 1.54) is 36.2 Å². The number of piperazine rings is 1. The molecule has 1 unspecified atom stereocenters. The smallest absolute Gasteiger partial charge is 0.305 e. The van der Waals surface area contributed by atoms with Crippen LogP contribution in [0.5, 0.6) is 0 Å². The number of tetrazole rings is 1. The summed E-state index contributed by atoms with van der Waals surface area (Å²) >= 11 is 0. The van der Waals surface area contributed by atoms with Crippen molar-refractivity contribution in [3.8, 4) is 5.69 Å². The van der Waals surface area contributed by atoms with Crippen LogP contribution < -0.4 is 0 Å². The number of alkyl halides is 3. The average Bonchev–Trinajstić information content (AvgIpc) is 3.16. The minimum Gasteiger partial charge on any atom is -0.305 e. The summed E-state index contributed by atoms with van der Waals surface area (Å²) in [5.74, 6) is 0.635. The van der Waals surface area contributed by atoms with Gasteiger partial charge < -0.3 is 4.90 Å². The van der Waals surface area contributed by atoms with Crippen LogP contribution >= 0.6 is 0 Å². The first-order chi connectivity index (χ1) is 13.9. The number of likely N-dealkylation sites (tertiary alicyclic amines) is 1. The maximum Gasteiger partial charge on any atom is 0.416 e. The molecule has 2 aromatic rings. The van der Waals surface area contributed by atoms with E-state index < -0.39 is 11.7 Å². The molecule has 2 aliphatic rings. The van der Waals surface area contributed by atoms with Gasteiger partial charge in [0.25, 0.3) is 0 Å². The number of halogens is 3. The van der Waals surface area contributed by atoms with Crippen molar-refractivity contribution in [1.82, 2.24) is 34.9 Å². The predicted molar refractivity (Wildman–Crippen MR) is 102 cm³/mol. The van der Waals surface area contributed by atoms with Gasteiger partial charge in [-0.05, 0) is 61.1 Å². The molecule has 0 N–H and O–H groups in total. The van der Waals surface area contributed by atoms with E-state index >= 15 is 0 Å². The van der Waals surface area contributed by atoms with Gasteiger partial charge in [-0.2, -0.15) is 17.9 Å². The highest BCUT2D eigenvalue weighted by Gasteiger charge is 2.30. The van der Waals surface area contributed by atoms with Crippen LogP contribution in [0.25, 0.3) is 5.69 Å². The number of benzene rings is 1. The Morgan fingerprint density at radius 1 is 1.03 bits per heavy atom. The topological polar surface area (TPSA) is 53.3 Å². The van der Waals surface area contributed by atoms with Crippen LogP contribution in [0.4, 0.5) is 13.2 Å². The number of likely N-dealkylation sites (N-methyl/N-ethyl adjacent to an activating group) is 1. The van der Waals surface area contributed by atoms with Crippen LogP contribution in [0, 0.1) is 0 Å². The summed E-state index contributed by atoms with van der Waals surface area (Å²) in [6.45, 7) is 6.78. The molecule has 0 saturated carbocycles. The van der Waals surface area contributed by atoms with E-state index in [0.29, 0.717) is 24.1 Å². The minimum atomic E-state index is -4.35. The summed E-state index contributed by atoms with van der Waals surface area (Å²) in [6, 6.07) is 5.55.